The maximum absolute atomic E-state index is 13.8. The number of nitrogens with zero attached hydrogens (tertiary/aromatic N) is 2. The first-order chi connectivity index (χ1) is 10.2. The minimum absolute atomic E-state index is 0.232. The van der Waals surface area contributed by atoms with Gasteiger partial charge in [-0.2, -0.15) is 0 Å². The Balaban J connectivity index is 1.85. The van der Waals surface area contributed by atoms with Crippen LogP contribution in [0.4, 0.5) is 4.39 Å². The summed E-state index contributed by atoms with van der Waals surface area (Å²) in [6.07, 6.45) is 3.35. The first-order valence-corrected chi connectivity index (χ1v) is 6.58. The molecule has 4 nitrogen and oxygen atoms in total. The van der Waals surface area contributed by atoms with Gasteiger partial charge in [0.1, 0.15) is 11.5 Å². The third-order valence-electron chi connectivity index (χ3n) is 3.44. The Hall–Kier alpha value is -2.69. The summed E-state index contributed by atoms with van der Waals surface area (Å²) in [7, 11) is 1.69. The standard InChI is InChI=1S/C16H14FN3O/c1-20-14(9-12-3-2-4-13(17)15(12)20)16(21)19-10-11-5-7-18-8-6-11/h2-9H,10H2,1H3,(H,19,21). The molecule has 1 N–H and O–H groups in total. The molecule has 1 amide bonds. The van der Waals surface area contributed by atoms with Gasteiger partial charge in [0.2, 0.25) is 0 Å². The van der Waals surface area contributed by atoms with Gasteiger partial charge in [0.25, 0.3) is 5.91 Å². The fourth-order valence-electron chi connectivity index (χ4n) is 2.36. The molecule has 0 saturated carbocycles. The summed E-state index contributed by atoms with van der Waals surface area (Å²) in [5, 5.41) is 3.54. The number of nitrogens with one attached hydrogen (secondary N) is 1. The zero-order chi connectivity index (χ0) is 14.8. The smallest absolute Gasteiger partial charge is 0.268 e. The molecule has 0 bridgehead atoms. The second-order valence-electron chi connectivity index (χ2n) is 4.80. The lowest BCUT2D eigenvalue weighted by Gasteiger charge is -2.06. The maximum Gasteiger partial charge on any atom is 0.268 e. The number of halogens is 1. The van der Waals surface area contributed by atoms with Gasteiger partial charge >= 0.3 is 0 Å². The molecule has 106 valence electrons. The van der Waals surface area contributed by atoms with E-state index in [2.05, 4.69) is 10.3 Å². The predicted molar refractivity (Wildman–Crippen MR) is 78.3 cm³/mol. The number of aromatic nitrogens is 2. The number of fused-ring (bicyclic) bond motifs is 1. The summed E-state index contributed by atoms with van der Waals surface area (Å²) < 4.78 is 15.4. The maximum atomic E-state index is 13.8. The molecule has 5 heteroatoms. The average molecular weight is 283 g/mol. The third kappa shape index (κ3) is 2.50. The lowest BCUT2D eigenvalue weighted by Crippen LogP contribution is -2.24. The lowest BCUT2D eigenvalue weighted by atomic mass is 10.2. The Morgan fingerprint density at radius 1 is 1.29 bits per heavy atom. The number of aryl methyl sites for hydroxylation is 1. The van der Waals surface area contributed by atoms with E-state index < -0.39 is 0 Å². The Labute approximate surface area is 121 Å². The van der Waals surface area contributed by atoms with E-state index in [1.165, 1.54) is 6.07 Å². The highest BCUT2D eigenvalue weighted by Gasteiger charge is 2.15. The van der Waals surface area contributed by atoms with E-state index in [9.17, 15) is 9.18 Å². The van der Waals surface area contributed by atoms with Crippen LogP contribution in [0.3, 0.4) is 0 Å². The number of pyridine rings is 1. The molecule has 21 heavy (non-hydrogen) atoms. The number of amides is 1. The van der Waals surface area contributed by atoms with Gasteiger partial charge in [0.15, 0.2) is 0 Å². The minimum Gasteiger partial charge on any atom is -0.347 e. The summed E-state index contributed by atoms with van der Waals surface area (Å²) in [5.41, 5.74) is 1.83. The van der Waals surface area contributed by atoms with E-state index in [1.54, 1.807) is 42.2 Å². The SMILES string of the molecule is Cn1c(C(=O)NCc2ccncc2)cc2cccc(F)c21. The van der Waals surface area contributed by atoms with E-state index in [0.717, 1.165) is 5.56 Å². The van der Waals surface area contributed by atoms with Crippen molar-refractivity contribution < 1.29 is 9.18 Å². The number of hydrogen-bond donors (Lipinski definition) is 1. The number of benzene rings is 1. The topological polar surface area (TPSA) is 46.9 Å². The summed E-state index contributed by atoms with van der Waals surface area (Å²) >= 11 is 0. The first kappa shape index (κ1) is 13.3. The van der Waals surface area contributed by atoms with E-state index in [1.807, 2.05) is 12.1 Å². The van der Waals surface area contributed by atoms with Crippen LogP contribution < -0.4 is 5.32 Å². The highest BCUT2D eigenvalue weighted by Crippen LogP contribution is 2.21. The molecule has 3 rings (SSSR count). The molecule has 0 aliphatic rings. The molecule has 2 heterocycles. The van der Waals surface area contributed by atoms with Crippen LogP contribution in [0.15, 0.2) is 48.8 Å². The van der Waals surface area contributed by atoms with Gasteiger partial charge < -0.3 is 9.88 Å². The molecular formula is C16H14FN3O. The molecule has 0 unspecified atom stereocenters. The van der Waals surface area contributed by atoms with Gasteiger partial charge in [0.05, 0.1) is 5.52 Å². The van der Waals surface area contributed by atoms with Gasteiger partial charge in [-0.25, -0.2) is 4.39 Å². The molecule has 0 spiro atoms. The van der Waals surface area contributed by atoms with Gasteiger partial charge in [-0.05, 0) is 29.8 Å². The average Bonchev–Trinajstić information content (AvgIpc) is 2.84. The quantitative estimate of drug-likeness (QED) is 0.803. The van der Waals surface area contributed by atoms with Crippen molar-refractivity contribution in [3.8, 4) is 0 Å². The number of carbonyl (C=O) groups is 1. The van der Waals surface area contributed by atoms with Crippen LogP contribution in [0, 0.1) is 5.82 Å². The minimum atomic E-state index is -0.330. The Bertz CT molecular complexity index is 796. The molecule has 0 aliphatic carbocycles. The summed E-state index contributed by atoms with van der Waals surface area (Å²) in [4.78, 5) is 16.2. The zero-order valence-corrected chi connectivity index (χ0v) is 11.5. The van der Waals surface area contributed by atoms with Gasteiger partial charge in [-0.3, -0.25) is 9.78 Å². The molecule has 1 aromatic carbocycles. The molecule has 0 saturated heterocycles. The number of carbonyl (C=O) groups excluding carboxylic acids is 1. The van der Waals surface area contributed by atoms with Crippen molar-refractivity contribution in [1.82, 2.24) is 14.9 Å². The van der Waals surface area contributed by atoms with E-state index >= 15 is 0 Å². The van der Waals surface area contributed by atoms with Crippen LogP contribution in [0.1, 0.15) is 16.1 Å². The van der Waals surface area contributed by atoms with Crippen molar-refractivity contribution in [2.75, 3.05) is 0 Å². The summed E-state index contributed by atoms with van der Waals surface area (Å²) in [6.45, 7) is 0.408. The van der Waals surface area contributed by atoms with Crippen LogP contribution in [0.2, 0.25) is 0 Å². The van der Waals surface area contributed by atoms with Crippen LogP contribution in [0.25, 0.3) is 10.9 Å². The van der Waals surface area contributed by atoms with Gasteiger partial charge in [-0.15, -0.1) is 0 Å². The number of rotatable bonds is 3. The van der Waals surface area contributed by atoms with Gasteiger partial charge in [-0.1, -0.05) is 12.1 Å². The van der Waals surface area contributed by atoms with Crippen molar-refractivity contribution in [1.29, 1.82) is 0 Å². The molecule has 0 radical (unpaired) electrons. The Morgan fingerprint density at radius 3 is 2.76 bits per heavy atom. The molecule has 3 aromatic rings. The van der Waals surface area contributed by atoms with Crippen molar-refractivity contribution in [3.05, 3.63) is 65.9 Å². The van der Waals surface area contributed by atoms with Gasteiger partial charge in [0, 0.05) is 31.4 Å². The highest BCUT2D eigenvalue weighted by molar-refractivity contribution is 5.98. The molecule has 0 atom stereocenters. The Kier molecular flexibility index (Phi) is 3.39. The summed E-state index contributed by atoms with van der Waals surface area (Å²) in [5.74, 6) is -0.562. The second-order valence-corrected chi connectivity index (χ2v) is 4.80. The van der Waals surface area contributed by atoms with Crippen molar-refractivity contribution in [2.24, 2.45) is 7.05 Å². The van der Waals surface area contributed by atoms with Crippen LogP contribution >= 0.6 is 0 Å². The predicted octanol–water partition coefficient (Wildman–Crippen LogP) is 2.64. The zero-order valence-electron chi connectivity index (χ0n) is 11.5. The van der Waals surface area contributed by atoms with E-state index in [-0.39, 0.29) is 11.7 Å². The fraction of sp³-hybridized carbons (Fsp3) is 0.125. The molecule has 0 aliphatic heterocycles. The fourth-order valence-corrected chi connectivity index (χ4v) is 2.36. The largest absolute Gasteiger partial charge is 0.347 e. The van der Waals surface area contributed by atoms with Crippen LogP contribution in [0.5, 0.6) is 0 Å². The third-order valence-corrected chi connectivity index (χ3v) is 3.44. The number of hydrogen-bond acceptors (Lipinski definition) is 2. The normalized spacial score (nSPS) is 10.8. The molecule has 0 fully saturated rings. The monoisotopic (exact) mass is 283 g/mol. The lowest BCUT2D eigenvalue weighted by molar-refractivity contribution is 0.0943. The molecular weight excluding hydrogens is 269 g/mol. The highest BCUT2D eigenvalue weighted by atomic mass is 19.1. The van der Waals surface area contributed by atoms with E-state index in [4.69, 9.17) is 0 Å². The number of para-hydroxylation sites is 1. The van der Waals surface area contributed by atoms with E-state index in [0.29, 0.717) is 23.1 Å². The molecule has 2 aromatic heterocycles. The van der Waals surface area contributed by atoms with Crippen molar-refractivity contribution in [3.63, 3.8) is 0 Å². The first-order valence-electron chi connectivity index (χ1n) is 6.58. The van der Waals surface area contributed by atoms with Crippen molar-refractivity contribution in [2.45, 2.75) is 6.54 Å². The second kappa shape index (κ2) is 5.36. The summed E-state index contributed by atoms with van der Waals surface area (Å²) in [6, 6.07) is 10.2. The van der Waals surface area contributed by atoms with Crippen LogP contribution in [-0.4, -0.2) is 15.5 Å². The van der Waals surface area contributed by atoms with Crippen LogP contribution in [-0.2, 0) is 13.6 Å². The van der Waals surface area contributed by atoms with Crippen molar-refractivity contribution >= 4 is 16.8 Å². The Morgan fingerprint density at radius 2 is 2.05 bits per heavy atom.